The zero-order valence-corrected chi connectivity index (χ0v) is 22.2. The first kappa shape index (κ1) is 27.8. The lowest BCUT2D eigenvalue weighted by Gasteiger charge is -2.14. The van der Waals surface area contributed by atoms with Crippen LogP contribution in [0.15, 0.2) is 47.4 Å². The van der Waals surface area contributed by atoms with Gasteiger partial charge in [0.15, 0.2) is 0 Å². The van der Waals surface area contributed by atoms with Crippen LogP contribution < -0.4 is 9.88 Å². The van der Waals surface area contributed by atoms with Crippen molar-refractivity contribution in [3.63, 3.8) is 0 Å². The quantitative estimate of drug-likeness (QED) is 0.310. The van der Waals surface area contributed by atoms with Crippen LogP contribution in [0.4, 0.5) is 0 Å². The third-order valence-electron chi connectivity index (χ3n) is 4.87. The number of nitriles is 1. The van der Waals surface area contributed by atoms with Crippen molar-refractivity contribution in [2.45, 2.75) is 38.9 Å². The van der Waals surface area contributed by atoms with Crippen molar-refractivity contribution in [2.24, 2.45) is 11.1 Å². The van der Waals surface area contributed by atoms with E-state index in [1.807, 2.05) is 13.8 Å². The van der Waals surface area contributed by atoms with Crippen LogP contribution in [0.2, 0.25) is 0 Å². The molecule has 37 heavy (non-hydrogen) atoms. The van der Waals surface area contributed by atoms with E-state index in [1.54, 1.807) is 25.1 Å². The van der Waals surface area contributed by atoms with E-state index in [0.29, 0.717) is 40.1 Å². The van der Waals surface area contributed by atoms with Crippen LogP contribution in [0.3, 0.4) is 0 Å². The monoisotopic (exact) mass is 543 g/mol. The maximum atomic E-state index is 12.7. The summed E-state index contributed by atoms with van der Waals surface area (Å²) in [6.07, 6.45) is -1.23. The van der Waals surface area contributed by atoms with Gasteiger partial charge in [-0.25, -0.2) is 28.1 Å². The first-order valence-corrected chi connectivity index (χ1v) is 13.4. The predicted molar refractivity (Wildman–Crippen MR) is 135 cm³/mol. The maximum absolute atomic E-state index is 12.7. The number of rotatable bonds is 9. The first-order valence-electron chi connectivity index (χ1n) is 11.1. The molecule has 0 aliphatic rings. The van der Waals surface area contributed by atoms with Crippen LogP contribution in [0, 0.1) is 24.2 Å². The summed E-state index contributed by atoms with van der Waals surface area (Å²) < 4.78 is 38.8. The molecule has 0 saturated heterocycles. The third-order valence-corrected chi connectivity index (χ3v) is 6.98. The highest BCUT2D eigenvalue weighted by atomic mass is 32.2. The largest absolute Gasteiger partial charge is 0.492 e. The fraction of sp³-hybridized carbons (Fsp3) is 0.280. The Morgan fingerprint density at radius 2 is 1.73 bits per heavy atom. The fourth-order valence-corrected chi connectivity index (χ4v) is 4.53. The second kappa shape index (κ2) is 11.5. The Bertz CT molecular complexity index is 1460. The molecule has 0 aliphatic heterocycles. The number of thiazole rings is 1. The van der Waals surface area contributed by atoms with Crippen LogP contribution in [-0.4, -0.2) is 38.2 Å². The molecule has 1 heterocycles. The van der Waals surface area contributed by atoms with Crippen LogP contribution in [0.25, 0.3) is 10.6 Å². The number of aryl methyl sites for hydroxylation is 1. The van der Waals surface area contributed by atoms with Crippen molar-refractivity contribution in [1.82, 2.24) is 4.98 Å². The van der Waals surface area contributed by atoms with Gasteiger partial charge in [0.2, 0.25) is 16.3 Å². The van der Waals surface area contributed by atoms with Gasteiger partial charge < -0.3 is 14.2 Å². The highest BCUT2D eigenvalue weighted by molar-refractivity contribution is 7.89. The third kappa shape index (κ3) is 7.13. The molecule has 0 fully saturated rings. The average Bonchev–Trinajstić information content (AvgIpc) is 3.23. The van der Waals surface area contributed by atoms with Gasteiger partial charge in [0.1, 0.15) is 21.7 Å². The fourth-order valence-electron chi connectivity index (χ4n) is 3.07. The first-order chi connectivity index (χ1) is 17.4. The molecule has 1 unspecified atom stereocenters. The van der Waals surface area contributed by atoms with Gasteiger partial charge in [0.25, 0.3) is 0 Å². The maximum Gasteiger partial charge on any atom is 0.353 e. The summed E-state index contributed by atoms with van der Waals surface area (Å²) in [5, 5.41) is 15.1. The Morgan fingerprint density at radius 3 is 2.32 bits per heavy atom. The number of aromatic nitrogens is 1. The van der Waals surface area contributed by atoms with E-state index in [0.717, 1.165) is 11.3 Å². The van der Waals surface area contributed by atoms with Crippen molar-refractivity contribution in [1.29, 1.82) is 5.26 Å². The van der Waals surface area contributed by atoms with E-state index in [4.69, 9.17) is 19.3 Å². The molecule has 0 aliphatic carbocycles. The summed E-state index contributed by atoms with van der Waals surface area (Å²) in [4.78, 5) is 29.5. The van der Waals surface area contributed by atoms with Gasteiger partial charge >= 0.3 is 11.9 Å². The van der Waals surface area contributed by atoms with Crippen molar-refractivity contribution < 1.29 is 32.2 Å². The van der Waals surface area contributed by atoms with Crippen LogP contribution in [0.5, 0.6) is 5.75 Å². The minimum absolute atomic E-state index is 0.0562. The molecule has 0 saturated carbocycles. The molecular weight excluding hydrogens is 518 g/mol. The van der Waals surface area contributed by atoms with Gasteiger partial charge in [-0.15, -0.1) is 11.3 Å². The van der Waals surface area contributed by atoms with E-state index < -0.39 is 28.3 Å². The lowest BCUT2D eigenvalue weighted by Crippen LogP contribution is -2.22. The standard InChI is InChI=1S/C25H25N3O7S2/c1-14(2)13-33-21-10-7-18(11-19(21)12-26)23-28-15(3)22(36-23)25(30)35-16(4)34-24(29)17-5-8-20(9-6-17)37(27,31)32/h5-11,14,16H,13H2,1-4H3,(H2,27,31,32). The molecule has 12 heteroatoms. The Hall–Kier alpha value is -3.79. The lowest BCUT2D eigenvalue weighted by molar-refractivity contribution is -0.0689. The molecule has 3 aromatic rings. The Morgan fingerprint density at radius 1 is 1.08 bits per heavy atom. The van der Waals surface area contributed by atoms with Crippen LogP contribution >= 0.6 is 11.3 Å². The Labute approximate surface area is 218 Å². The number of primary sulfonamides is 1. The summed E-state index contributed by atoms with van der Waals surface area (Å²) in [5.41, 5.74) is 1.47. The summed E-state index contributed by atoms with van der Waals surface area (Å²) in [6, 6.07) is 12.0. The van der Waals surface area contributed by atoms with E-state index in [9.17, 15) is 23.3 Å². The average molecular weight is 544 g/mol. The number of hydrogen-bond acceptors (Lipinski definition) is 10. The van der Waals surface area contributed by atoms with Crippen molar-refractivity contribution in [2.75, 3.05) is 6.61 Å². The van der Waals surface area contributed by atoms with Gasteiger partial charge in [-0.1, -0.05) is 13.8 Å². The van der Waals surface area contributed by atoms with Crippen LogP contribution in [0.1, 0.15) is 52.1 Å². The van der Waals surface area contributed by atoms with Crippen molar-refractivity contribution in [3.8, 4) is 22.4 Å². The van der Waals surface area contributed by atoms with Crippen molar-refractivity contribution in [3.05, 3.63) is 64.2 Å². The van der Waals surface area contributed by atoms with Gasteiger partial charge in [0, 0.05) is 12.5 Å². The summed E-state index contributed by atoms with van der Waals surface area (Å²) >= 11 is 1.08. The number of nitrogens with zero attached hydrogens (tertiary/aromatic N) is 2. The second-order valence-corrected chi connectivity index (χ2v) is 11.0. The lowest BCUT2D eigenvalue weighted by atomic mass is 10.1. The zero-order chi connectivity index (χ0) is 27.3. The Balaban J connectivity index is 1.68. The number of carbonyl (C=O) groups excluding carboxylic acids is 2. The molecular formula is C25H25N3O7S2. The minimum atomic E-state index is -3.90. The number of carbonyl (C=O) groups is 2. The minimum Gasteiger partial charge on any atom is -0.492 e. The summed E-state index contributed by atoms with van der Waals surface area (Å²) in [5.74, 6) is -0.767. The highest BCUT2D eigenvalue weighted by Crippen LogP contribution is 2.32. The molecule has 0 amide bonds. The van der Waals surface area contributed by atoms with Gasteiger partial charge in [-0.2, -0.15) is 5.26 Å². The summed E-state index contributed by atoms with van der Waals surface area (Å²) in [7, 11) is -3.90. The number of esters is 2. The molecule has 2 N–H and O–H groups in total. The van der Waals surface area contributed by atoms with Gasteiger partial charge in [-0.3, -0.25) is 0 Å². The number of ether oxygens (including phenoxy) is 3. The second-order valence-electron chi connectivity index (χ2n) is 8.41. The molecule has 3 rings (SSSR count). The SMILES string of the molecule is Cc1nc(-c2ccc(OCC(C)C)c(C#N)c2)sc1C(=O)OC(C)OC(=O)c1ccc(S(N)(=O)=O)cc1. The number of nitrogens with two attached hydrogens (primary N) is 1. The van der Waals surface area contributed by atoms with E-state index in [-0.39, 0.29) is 15.3 Å². The molecule has 1 aromatic heterocycles. The highest BCUT2D eigenvalue weighted by Gasteiger charge is 2.22. The topological polar surface area (TPSA) is 159 Å². The molecule has 2 aromatic carbocycles. The van der Waals surface area contributed by atoms with Crippen LogP contribution in [-0.2, 0) is 19.5 Å². The molecule has 0 spiro atoms. The van der Waals surface area contributed by atoms with E-state index >= 15 is 0 Å². The molecule has 0 bridgehead atoms. The number of hydrogen-bond donors (Lipinski definition) is 1. The molecule has 0 radical (unpaired) electrons. The van der Waals surface area contributed by atoms with Gasteiger partial charge in [-0.05, 0) is 55.3 Å². The van der Waals surface area contributed by atoms with E-state index in [2.05, 4.69) is 11.1 Å². The number of benzene rings is 2. The smallest absolute Gasteiger partial charge is 0.353 e. The number of sulfonamides is 1. The van der Waals surface area contributed by atoms with Crippen molar-refractivity contribution >= 4 is 33.3 Å². The summed E-state index contributed by atoms with van der Waals surface area (Å²) in [6.45, 7) is 7.51. The molecule has 194 valence electrons. The van der Waals surface area contributed by atoms with Gasteiger partial charge in [0.05, 0.1) is 28.3 Å². The Kier molecular flexibility index (Phi) is 8.65. The normalized spacial score (nSPS) is 12.0. The van der Waals surface area contributed by atoms with E-state index in [1.165, 1.54) is 31.2 Å². The molecule has 1 atom stereocenters. The molecule has 10 nitrogen and oxygen atoms in total. The predicted octanol–water partition coefficient (Wildman–Crippen LogP) is 4.03. The zero-order valence-electron chi connectivity index (χ0n) is 20.5.